The molecule has 2 N–H and O–H groups in total. The van der Waals surface area contributed by atoms with Gasteiger partial charge in [0.15, 0.2) is 5.96 Å². The fourth-order valence-electron chi connectivity index (χ4n) is 3.08. The van der Waals surface area contributed by atoms with Crippen LogP contribution in [0.2, 0.25) is 0 Å². The van der Waals surface area contributed by atoms with E-state index in [2.05, 4.69) is 26.8 Å². The number of halogens is 1. The molecule has 1 heterocycles. The molecule has 2 aromatic carbocycles. The van der Waals surface area contributed by atoms with E-state index in [1.165, 1.54) is 12.1 Å². The highest BCUT2D eigenvalue weighted by molar-refractivity contribution is 5.79. The van der Waals surface area contributed by atoms with Crippen LogP contribution in [0.15, 0.2) is 65.8 Å². The van der Waals surface area contributed by atoms with E-state index in [1.807, 2.05) is 37.4 Å². The van der Waals surface area contributed by atoms with Gasteiger partial charge in [-0.3, -0.25) is 4.99 Å². The summed E-state index contributed by atoms with van der Waals surface area (Å²) in [5.74, 6) is 1.43. The van der Waals surface area contributed by atoms with E-state index in [0.717, 1.165) is 54.6 Å². The van der Waals surface area contributed by atoms with Crippen molar-refractivity contribution >= 4 is 5.96 Å². The summed E-state index contributed by atoms with van der Waals surface area (Å²) in [6.07, 6.45) is 3.44. The van der Waals surface area contributed by atoms with Crippen molar-refractivity contribution in [2.75, 3.05) is 26.7 Å². The summed E-state index contributed by atoms with van der Waals surface area (Å²) >= 11 is 0. The van der Waals surface area contributed by atoms with Crippen molar-refractivity contribution < 1.29 is 9.13 Å². The SMILES string of the molecule is CCNC(=NCCc1ccn(-c2ccc(F)cc2)n1)NCCc1ccccc1OC. The molecule has 0 aliphatic heterocycles. The molecule has 7 heteroatoms. The molecule has 0 spiro atoms. The van der Waals surface area contributed by atoms with Crippen LogP contribution in [-0.4, -0.2) is 42.5 Å². The lowest BCUT2D eigenvalue weighted by molar-refractivity contribution is 0.409. The number of benzene rings is 2. The first-order chi connectivity index (χ1) is 14.7. The summed E-state index contributed by atoms with van der Waals surface area (Å²) in [4.78, 5) is 4.64. The second kappa shape index (κ2) is 11.0. The molecular weight excluding hydrogens is 381 g/mol. The van der Waals surface area contributed by atoms with Crippen LogP contribution in [0.4, 0.5) is 4.39 Å². The number of nitrogens with one attached hydrogen (secondary N) is 2. The Morgan fingerprint density at radius 1 is 1.07 bits per heavy atom. The second-order valence-electron chi connectivity index (χ2n) is 6.73. The number of rotatable bonds is 9. The Kier molecular flexibility index (Phi) is 7.83. The van der Waals surface area contributed by atoms with Gasteiger partial charge in [0.25, 0.3) is 0 Å². The molecule has 0 saturated carbocycles. The zero-order chi connectivity index (χ0) is 21.2. The molecular formula is C23H28FN5O. The zero-order valence-corrected chi connectivity index (χ0v) is 17.4. The molecule has 0 radical (unpaired) electrons. The summed E-state index contributed by atoms with van der Waals surface area (Å²) in [5, 5.41) is 11.2. The first-order valence-corrected chi connectivity index (χ1v) is 10.1. The molecule has 3 aromatic rings. The highest BCUT2D eigenvalue weighted by Gasteiger charge is 2.04. The minimum Gasteiger partial charge on any atom is -0.496 e. The van der Waals surface area contributed by atoms with Gasteiger partial charge in [-0.15, -0.1) is 0 Å². The lowest BCUT2D eigenvalue weighted by Crippen LogP contribution is -2.38. The maximum atomic E-state index is 13.1. The fourth-order valence-corrected chi connectivity index (χ4v) is 3.08. The van der Waals surface area contributed by atoms with Gasteiger partial charge in [0.2, 0.25) is 0 Å². The normalized spacial score (nSPS) is 11.4. The third-order valence-electron chi connectivity index (χ3n) is 4.60. The van der Waals surface area contributed by atoms with Crippen LogP contribution < -0.4 is 15.4 Å². The van der Waals surface area contributed by atoms with Crippen molar-refractivity contribution in [3.8, 4) is 11.4 Å². The molecule has 158 valence electrons. The first-order valence-electron chi connectivity index (χ1n) is 10.1. The van der Waals surface area contributed by atoms with Crippen LogP contribution in [-0.2, 0) is 12.8 Å². The van der Waals surface area contributed by atoms with E-state index >= 15 is 0 Å². The van der Waals surface area contributed by atoms with Gasteiger partial charge in [-0.2, -0.15) is 5.10 Å². The van der Waals surface area contributed by atoms with Crippen molar-refractivity contribution in [1.82, 2.24) is 20.4 Å². The standard InChI is InChI=1S/C23H28FN5O/c1-3-25-23(26-15-12-18-6-4-5-7-22(18)30-2)27-16-13-20-14-17-29(28-20)21-10-8-19(24)9-11-21/h4-11,14,17H,3,12-13,15-16H2,1-2H3,(H2,25,26,27). The summed E-state index contributed by atoms with van der Waals surface area (Å²) in [5.41, 5.74) is 2.93. The Bertz CT molecular complexity index is 952. The number of hydrogen-bond acceptors (Lipinski definition) is 3. The van der Waals surface area contributed by atoms with Gasteiger partial charge in [0.1, 0.15) is 11.6 Å². The molecule has 0 amide bonds. The molecule has 0 bridgehead atoms. The van der Waals surface area contributed by atoms with Crippen molar-refractivity contribution in [2.45, 2.75) is 19.8 Å². The van der Waals surface area contributed by atoms with E-state index in [4.69, 9.17) is 4.74 Å². The van der Waals surface area contributed by atoms with E-state index in [0.29, 0.717) is 6.54 Å². The largest absolute Gasteiger partial charge is 0.496 e. The van der Waals surface area contributed by atoms with Gasteiger partial charge < -0.3 is 15.4 Å². The fraction of sp³-hybridized carbons (Fsp3) is 0.304. The lowest BCUT2D eigenvalue weighted by Gasteiger charge is -2.12. The Hall–Kier alpha value is -3.35. The number of aromatic nitrogens is 2. The zero-order valence-electron chi connectivity index (χ0n) is 17.4. The number of ether oxygens (including phenoxy) is 1. The molecule has 1 aromatic heterocycles. The third-order valence-corrected chi connectivity index (χ3v) is 4.60. The molecule has 3 rings (SSSR count). The van der Waals surface area contributed by atoms with E-state index in [9.17, 15) is 4.39 Å². The summed E-state index contributed by atoms with van der Waals surface area (Å²) in [7, 11) is 1.69. The van der Waals surface area contributed by atoms with Crippen LogP contribution >= 0.6 is 0 Å². The van der Waals surface area contributed by atoms with E-state index in [-0.39, 0.29) is 5.82 Å². The molecule has 0 atom stereocenters. The Morgan fingerprint density at radius 2 is 1.87 bits per heavy atom. The van der Waals surface area contributed by atoms with Crippen molar-refractivity contribution in [2.24, 2.45) is 4.99 Å². The molecule has 0 fully saturated rings. The van der Waals surface area contributed by atoms with Gasteiger partial charge in [-0.25, -0.2) is 9.07 Å². The Morgan fingerprint density at radius 3 is 2.63 bits per heavy atom. The smallest absolute Gasteiger partial charge is 0.191 e. The van der Waals surface area contributed by atoms with Crippen molar-refractivity contribution in [1.29, 1.82) is 0 Å². The number of para-hydroxylation sites is 1. The van der Waals surface area contributed by atoms with E-state index in [1.54, 1.807) is 23.9 Å². The van der Waals surface area contributed by atoms with Crippen LogP contribution in [0.5, 0.6) is 5.75 Å². The summed E-state index contributed by atoms with van der Waals surface area (Å²) < 4.78 is 20.2. The number of aliphatic imine (C=N–C) groups is 1. The van der Waals surface area contributed by atoms with Gasteiger partial charge >= 0.3 is 0 Å². The molecule has 30 heavy (non-hydrogen) atoms. The molecule has 0 aliphatic carbocycles. The van der Waals surface area contributed by atoms with Crippen LogP contribution in [0.3, 0.4) is 0 Å². The minimum absolute atomic E-state index is 0.255. The van der Waals surface area contributed by atoms with Crippen LogP contribution in [0.25, 0.3) is 5.69 Å². The number of hydrogen-bond donors (Lipinski definition) is 2. The Balaban J connectivity index is 1.51. The van der Waals surface area contributed by atoms with Crippen molar-refractivity contribution in [3.63, 3.8) is 0 Å². The molecule has 0 unspecified atom stereocenters. The second-order valence-corrected chi connectivity index (χ2v) is 6.73. The highest BCUT2D eigenvalue weighted by atomic mass is 19.1. The quantitative estimate of drug-likeness (QED) is 0.420. The maximum Gasteiger partial charge on any atom is 0.191 e. The summed E-state index contributed by atoms with van der Waals surface area (Å²) in [6.45, 7) is 4.21. The number of guanidine groups is 1. The topological polar surface area (TPSA) is 63.5 Å². The van der Waals surface area contributed by atoms with Crippen molar-refractivity contribution in [3.05, 3.63) is 77.9 Å². The molecule has 0 saturated heterocycles. The third kappa shape index (κ3) is 6.07. The predicted molar refractivity (Wildman–Crippen MR) is 118 cm³/mol. The average molecular weight is 410 g/mol. The Labute approximate surface area is 176 Å². The molecule has 0 aliphatic rings. The molecule has 6 nitrogen and oxygen atoms in total. The predicted octanol–water partition coefficient (Wildman–Crippen LogP) is 3.36. The average Bonchev–Trinajstić information content (AvgIpc) is 3.23. The first kappa shape index (κ1) is 21.4. The van der Waals surface area contributed by atoms with Gasteiger partial charge in [-0.05, 0) is 55.3 Å². The minimum atomic E-state index is -0.255. The van der Waals surface area contributed by atoms with Crippen LogP contribution in [0, 0.1) is 5.82 Å². The highest BCUT2D eigenvalue weighted by Crippen LogP contribution is 2.17. The number of nitrogens with zero attached hydrogens (tertiary/aromatic N) is 3. The lowest BCUT2D eigenvalue weighted by atomic mass is 10.1. The summed E-state index contributed by atoms with van der Waals surface area (Å²) in [6, 6.07) is 16.3. The van der Waals surface area contributed by atoms with Gasteiger partial charge in [0, 0.05) is 32.3 Å². The van der Waals surface area contributed by atoms with Crippen LogP contribution in [0.1, 0.15) is 18.2 Å². The monoisotopic (exact) mass is 409 g/mol. The maximum absolute atomic E-state index is 13.1. The number of methoxy groups -OCH3 is 1. The van der Waals surface area contributed by atoms with E-state index < -0.39 is 0 Å². The van der Waals surface area contributed by atoms with Gasteiger partial charge in [-0.1, -0.05) is 18.2 Å². The van der Waals surface area contributed by atoms with Gasteiger partial charge in [0.05, 0.1) is 18.5 Å².